The molecule has 10 atom stereocenters. The highest BCUT2D eigenvalue weighted by Crippen LogP contribution is 2.75. The van der Waals surface area contributed by atoms with Crippen LogP contribution in [0, 0.1) is 56.7 Å². The lowest BCUT2D eigenvalue weighted by atomic mass is 9.33. The van der Waals surface area contributed by atoms with E-state index < -0.39 is 17.4 Å². The van der Waals surface area contributed by atoms with Gasteiger partial charge >= 0.3 is 17.9 Å². The van der Waals surface area contributed by atoms with Crippen molar-refractivity contribution in [1.82, 2.24) is 0 Å². The van der Waals surface area contributed by atoms with Crippen LogP contribution in [0.15, 0.2) is 35.9 Å². The molecule has 1 aromatic rings. The van der Waals surface area contributed by atoms with Crippen molar-refractivity contribution in [1.29, 1.82) is 0 Å². The maximum Gasteiger partial charge on any atom is 0.338 e. The summed E-state index contributed by atoms with van der Waals surface area (Å²) in [4.78, 5) is 37.4. The van der Waals surface area contributed by atoms with E-state index in [4.69, 9.17) is 4.74 Å². The normalized spacial score (nSPS) is 44.1. The average Bonchev–Trinajstić information content (AvgIpc) is 2.96. The fraction of sp³-hybridized carbons (Fsp3) is 0.711. The van der Waals surface area contributed by atoms with E-state index >= 15 is 0 Å². The summed E-state index contributed by atoms with van der Waals surface area (Å²) in [6.07, 6.45) is 10.8. The summed E-state index contributed by atoms with van der Waals surface area (Å²) in [6, 6.07) is 5.99. The van der Waals surface area contributed by atoms with Crippen molar-refractivity contribution in [3.63, 3.8) is 0 Å². The van der Waals surface area contributed by atoms with Gasteiger partial charge in [-0.05, 0) is 128 Å². The second kappa shape index (κ2) is 10.2. The Morgan fingerprint density at radius 3 is 2.09 bits per heavy atom. The van der Waals surface area contributed by atoms with E-state index in [0.29, 0.717) is 29.2 Å². The molecule has 5 aliphatic carbocycles. The molecule has 0 radical (unpaired) electrons. The zero-order valence-electron chi connectivity index (χ0n) is 27.7. The van der Waals surface area contributed by atoms with Crippen molar-refractivity contribution in [2.24, 2.45) is 56.7 Å². The van der Waals surface area contributed by atoms with Crippen LogP contribution in [-0.4, -0.2) is 34.2 Å². The monoisotopic (exact) mass is 604 g/mol. The number of carbonyl (C=O) groups is 3. The topological polar surface area (TPSA) is 101 Å². The smallest absolute Gasteiger partial charge is 0.338 e. The van der Waals surface area contributed by atoms with Crippen molar-refractivity contribution >= 4 is 17.9 Å². The Balaban J connectivity index is 1.29. The predicted molar refractivity (Wildman–Crippen MR) is 169 cm³/mol. The van der Waals surface area contributed by atoms with Crippen molar-refractivity contribution in [3.8, 4) is 0 Å². The third-order valence-corrected chi connectivity index (χ3v) is 15.0. The Bertz CT molecular complexity index is 1390. The molecule has 6 rings (SSSR count). The molecule has 5 aliphatic rings. The van der Waals surface area contributed by atoms with Crippen molar-refractivity contribution < 1.29 is 29.3 Å². The van der Waals surface area contributed by atoms with Crippen LogP contribution in [0.4, 0.5) is 0 Å². The minimum Gasteiger partial charge on any atom is -0.481 e. The van der Waals surface area contributed by atoms with Gasteiger partial charge in [0.25, 0.3) is 0 Å². The highest BCUT2D eigenvalue weighted by Gasteiger charge is 2.69. The van der Waals surface area contributed by atoms with Crippen LogP contribution in [0.2, 0.25) is 0 Å². The molecule has 0 unspecified atom stereocenters. The number of carbonyl (C=O) groups excluding carboxylic acids is 1. The number of ether oxygens (including phenoxy) is 1. The lowest BCUT2D eigenvalue weighted by Crippen LogP contribution is -2.65. The molecule has 44 heavy (non-hydrogen) atoms. The molecule has 0 aromatic heterocycles. The molecule has 6 heteroatoms. The van der Waals surface area contributed by atoms with Crippen molar-refractivity contribution in [3.05, 3.63) is 47.0 Å². The molecule has 0 bridgehead atoms. The van der Waals surface area contributed by atoms with Gasteiger partial charge in [-0.1, -0.05) is 60.1 Å². The second-order valence-corrected chi connectivity index (χ2v) is 16.7. The van der Waals surface area contributed by atoms with Gasteiger partial charge in [0.15, 0.2) is 0 Å². The Morgan fingerprint density at radius 2 is 1.45 bits per heavy atom. The summed E-state index contributed by atoms with van der Waals surface area (Å²) in [5, 5.41) is 19.9. The fourth-order valence-corrected chi connectivity index (χ4v) is 12.0. The van der Waals surface area contributed by atoms with Gasteiger partial charge in [-0.15, -0.1) is 0 Å². The van der Waals surface area contributed by atoms with E-state index in [1.807, 2.05) is 0 Å². The summed E-state index contributed by atoms with van der Waals surface area (Å²) < 4.78 is 6.21. The first kappa shape index (κ1) is 31.4. The number of allylic oxidation sites excluding steroid dienone is 2. The summed E-state index contributed by atoms with van der Waals surface area (Å²) in [5.41, 5.74) is 1.30. The maximum absolute atomic E-state index is 13.2. The molecule has 0 heterocycles. The van der Waals surface area contributed by atoms with Crippen LogP contribution >= 0.6 is 0 Å². The fourth-order valence-electron chi connectivity index (χ4n) is 12.0. The molecule has 0 spiro atoms. The van der Waals surface area contributed by atoms with Gasteiger partial charge in [-0.2, -0.15) is 0 Å². The number of aliphatic carboxylic acids is 1. The SMILES string of the molecule is C[C@H]1[C@H](C)CC[C@]2(C(=O)O)CC[C@]3(C)C(=CC[C@@H]4[C@@]5(C)CC[C@H](OC(=O)c6ccc(C(=O)O)cc6)C(C)(C)[C@@H]5CC[C@]43C)[C@H]12. The van der Waals surface area contributed by atoms with E-state index in [9.17, 15) is 24.6 Å². The number of esters is 1. The van der Waals surface area contributed by atoms with Crippen LogP contribution in [0.3, 0.4) is 0 Å². The van der Waals surface area contributed by atoms with E-state index in [1.165, 1.54) is 17.7 Å². The van der Waals surface area contributed by atoms with Gasteiger partial charge in [0.2, 0.25) is 0 Å². The number of carboxylic acids is 2. The average molecular weight is 605 g/mol. The molecular weight excluding hydrogens is 552 g/mol. The first-order valence-corrected chi connectivity index (χ1v) is 17.0. The lowest BCUT2D eigenvalue weighted by molar-refractivity contribution is -0.206. The van der Waals surface area contributed by atoms with Gasteiger partial charge in [0.05, 0.1) is 16.5 Å². The molecule has 0 amide bonds. The highest BCUT2D eigenvalue weighted by atomic mass is 16.5. The third-order valence-electron chi connectivity index (χ3n) is 15.0. The Kier molecular flexibility index (Phi) is 7.26. The molecule has 4 fully saturated rings. The van der Waals surface area contributed by atoms with Gasteiger partial charge in [-0.3, -0.25) is 4.79 Å². The van der Waals surface area contributed by atoms with Crippen LogP contribution in [0.1, 0.15) is 127 Å². The van der Waals surface area contributed by atoms with Crippen LogP contribution in [0.25, 0.3) is 0 Å². The van der Waals surface area contributed by atoms with Gasteiger partial charge in [0, 0.05) is 5.41 Å². The number of aromatic carboxylic acids is 1. The molecule has 1 aromatic carbocycles. The molecule has 2 N–H and O–H groups in total. The zero-order valence-corrected chi connectivity index (χ0v) is 27.7. The number of benzene rings is 1. The summed E-state index contributed by atoms with van der Waals surface area (Å²) in [7, 11) is 0. The second-order valence-electron chi connectivity index (χ2n) is 16.7. The minimum atomic E-state index is -1.02. The largest absolute Gasteiger partial charge is 0.481 e. The highest BCUT2D eigenvalue weighted by molar-refractivity contribution is 5.92. The van der Waals surface area contributed by atoms with Crippen LogP contribution in [0.5, 0.6) is 0 Å². The van der Waals surface area contributed by atoms with Crippen LogP contribution in [-0.2, 0) is 9.53 Å². The zero-order chi connectivity index (χ0) is 32.0. The number of carboxylic acid groups (broad SMARTS) is 2. The molecule has 6 nitrogen and oxygen atoms in total. The number of hydrogen-bond donors (Lipinski definition) is 2. The quantitative estimate of drug-likeness (QED) is 0.263. The number of fused-ring (bicyclic) bond motifs is 7. The van der Waals surface area contributed by atoms with Gasteiger partial charge in [-0.25, -0.2) is 9.59 Å². The maximum atomic E-state index is 13.2. The lowest BCUT2D eigenvalue weighted by Gasteiger charge is -2.71. The van der Waals surface area contributed by atoms with Crippen molar-refractivity contribution in [2.75, 3.05) is 0 Å². The molecular formula is C38H52O6. The Hall–Kier alpha value is -2.63. The third kappa shape index (κ3) is 4.14. The van der Waals surface area contributed by atoms with E-state index in [0.717, 1.165) is 57.8 Å². The van der Waals surface area contributed by atoms with Crippen LogP contribution < -0.4 is 0 Å². The van der Waals surface area contributed by atoms with Crippen molar-refractivity contribution in [2.45, 2.75) is 112 Å². The summed E-state index contributed by atoms with van der Waals surface area (Å²) in [6.45, 7) is 16.7. The minimum absolute atomic E-state index is 0.0194. The van der Waals surface area contributed by atoms with E-state index in [1.54, 1.807) is 12.1 Å². The predicted octanol–water partition coefficient (Wildman–Crippen LogP) is 8.65. The first-order valence-electron chi connectivity index (χ1n) is 17.0. The molecule has 0 saturated heterocycles. The number of rotatable bonds is 4. The van der Waals surface area contributed by atoms with E-state index in [2.05, 4.69) is 54.5 Å². The Labute approximate surface area is 263 Å². The Morgan fingerprint density at radius 1 is 0.795 bits per heavy atom. The summed E-state index contributed by atoms with van der Waals surface area (Å²) >= 11 is 0. The molecule has 0 aliphatic heterocycles. The standard InChI is InChI=1S/C38H52O6/c1-22-14-19-38(33(42)43)21-20-36(6)26(30(38)23(22)2)12-13-28-35(5)17-16-29(34(3,4)27(35)15-18-37(28,36)7)44-32(41)25-10-8-24(9-11-25)31(39)40/h8-12,22-23,27-30H,13-21H2,1-7H3,(H,39,40)(H,42,43)/t22-,23+,27+,28-,29+,30+,35+,36-,37-,38+/m1/s1. The summed E-state index contributed by atoms with van der Waals surface area (Å²) in [5.74, 6) is -0.106. The molecule has 4 saturated carbocycles. The molecule has 240 valence electrons. The first-order chi connectivity index (χ1) is 20.5. The number of hydrogen-bond acceptors (Lipinski definition) is 4. The van der Waals surface area contributed by atoms with E-state index in [-0.39, 0.29) is 45.2 Å². The van der Waals surface area contributed by atoms with Gasteiger partial charge < -0.3 is 14.9 Å². The van der Waals surface area contributed by atoms with Gasteiger partial charge in [0.1, 0.15) is 6.10 Å².